The molecular formula is C23H22N4O4S. The van der Waals surface area contributed by atoms with Crippen LogP contribution in [0.2, 0.25) is 0 Å². The minimum Gasteiger partial charge on any atom is -0.495 e. The van der Waals surface area contributed by atoms with Crippen LogP contribution in [0.15, 0.2) is 78.0 Å². The van der Waals surface area contributed by atoms with Crippen molar-refractivity contribution in [1.29, 1.82) is 0 Å². The summed E-state index contributed by atoms with van der Waals surface area (Å²) in [5.41, 5.74) is 5.84. The standard InChI is InChI=1S/C23H22N4O4S/c1-3-16-8-11-18(12-9-16)26-32(29,30)22-14-17(10-13-21(22)31-2)23(28)25-27-15-24-19-6-4-5-7-20(19)27/h4-15,26H,3H2,1-2H3,(H,25,28). The molecule has 164 valence electrons. The predicted molar refractivity (Wildman–Crippen MR) is 123 cm³/mol. The summed E-state index contributed by atoms with van der Waals surface area (Å²) in [4.78, 5) is 16.9. The van der Waals surface area contributed by atoms with Gasteiger partial charge in [-0.3, -0.25) is 14.9 Å². The SMILES string of the molecule is CCc1ccc(NS(=O)(=O)c2cc(C(=O)Nn3cnc4ccccc43)ccc2OC)cc1. The Morgan fingerprint density at radius 3 is 2.53 bits per heavy atom. The molecule has 0 fully saturated rings. The molecule has 4 rings (SSSR count). The van der Waals surface area contributed by atoms with Crippen molar-refractivity contribution in [2.75, 3.05) is 17.3 Å². The number of nitrogens with one attached hydrogen (secondary N) is 2. The molecular weight excluding hydrogens is 428 g/mol. The molecule has 0 aliphatic heterocycles. The minimum atomic E-state index is -4.00. The fourth-order valence-electron chi connectivity index (χ4n) is 3.27. The van der Waals surface area contributed by atoms with Crippen molar-refractivity contribution in [3.05, 3.63) is 84.2 Å². The maximum absolute atomic E-state index is 13.1. The largest absolute Gasteiger partial charge is 0.495 e. The average molecular weight is 451 g/mol. The molecule has 0 spiro atoms. The van der Waals surface area contributed by atoms with Crippen molar-refractivity contribution in [2.24, 2.45) is 0 Å². The van der Waals surface area contributed by atoms with Crippen LogP contribution < -0.4 is 14.9 Å². The quantitative estimate of drug-likeness (QED) is 0.446. The molecule has 0 bridgehead atoms. The van der Waals surface area contributed by atoms with Crippen molar-refractivity contribution in [3.63, 3.8) is 0 Å². The van der Waals surface area contributed by atoms with Gasteiger partial charge in [-0.2, -0.15) is 0 Å². The normalized spacial score (nSPS) is 11.3. The number of benzene rings is 3. The lowest BCUT2D eigenvalue weighted by atomic mass is 10.2. The number of rotatable bonds is 7. The number of amides is 1. The van der Waals surface area contributed by atoms with Crippen LogP contribution in [-0.4, -0.2) is 31.1 Å². The molecule has 0 saturated heterocycles. The summed E-state index contributed by atoms with van der Waals surface area (Å²) in [6, 6.07) is 18.7. The zero-order valence-corrected chi connectivity index (χ0v) is 18.4. The second-order valence-electron chi connectivity index (χ2n) is 7.07. The van der Waals surface area contributed by atoms with Crippen molar-refractivity contribution in [2.45, 2.75) is 18.2 Å². The van der Waals surface area contributed by atoms with Gasteiger partial charge in [-0.15, -0.1) is 0 Å². The first-order valence-corrected chi connectivity index (χ1v) is 11.4. The molecule has 3 aromatic carbocycles. The lowest BCUT2D eigenvalue weighted by Crippen LogP contribution is -2.23. The van der Waals surface area contributed by atoms with Gasteiger partial charge in [-0.05, 0) is 54.4 Å². The second-order valence-corrected chi connectivity index (χ2v) is 8.72. The Kier molecular flexibility index (Phi) is 5.83. The van der Waals surface area contributed by atoms with Crippen LogP contribution in [0.4, 0.5) is 5.69 Å². The molecule has 32 heavy (non-hydrogen) atoms. The van der Waals surface area contributed by atoms with E-state index in [1.165, 1.54) is 36.3 Å². The number of aryl methyl sites for hydroxylation is 1. The van der Waals surface area contributed by atoms with Crippen LogP contribution in [0.3, 0.4) is 0 Å². The Hall–Kier alpha value is -3.85. The van der Waals surface area contributed by atoms with Gasteiger partial charge in [0, 0.05) is 11.3 Å². The minimum absolute atomic E-state index is 0.132. The van der Waals surface area contributed by atoms with Gasteiger partial charge in [0.1, 0.15) is 17.0 Å². The second kappa shape index (κ2) is 8.72. The number of sulfonamides is 1. The number of aromatic nitrogens is 2. The van der Waals surface area contributed by atoms with E-state index < -0.39 is 15.9 Å². The molecule has 0 saturated carbocycles. The highest BCUT2D eigenvalue weighted by atomic mass is 32.2. The molecule has 9 heteroatoms. The van der Waals surface area contributed by atoms with Gasteiger partial charge in [0.05, 0.1) is 18.1 Å². The lowest BCUT2D eigenvalue weighted by Gasteiger charge is -2.14. The van der Waals surface area contributed by atoms with E-state index in [1.54, 1.807) is 12.1 Å². The number of methoxy groups -OCH3 is 1. The highest BCUT2D eigenvalue weighted by molar-refractivity contribution is 7.92. The fourth-order valence-corrected chi connectivity index (χ4v) is 4.52. The van der Waals surface area contributed by atoms with Gasteiger partial charge in [-0.25, -0.2) is 18.1 Å². The third kappa shape index (κ3) is 4.28. The van der Waals surface area contributed by atoms with Crippen LogP contribution in [0, 0.1) is 0 Å². The Bertz CT molecular complexity index is 1380. The van der Waals surface area contributed by atoms with E-state index in [0.717, 1.165) is 23.0 Å². The number of hydrogen-bond donors (Lipinski definition) is 2. The molecule has 1 aromatic heterocycles. The first-order chi connectivity index (χ1) is 15.4. The maximum atomic E-state index is 13.1. The lowest BCUT2D eigenvalue weighted by molar-refractivity contribution is 0.101. The fraction of sp³-hybridized carbons (Fsp3) is 0.130. The number of hydrogen-bond acceptors (Lipinski definition) is 5. The zero-order valence-electron chi connectivity index (χ0n) is 17.6. The van der Waals surface area contributed by atoms with E-state index in [4.69, 9.17) is 4.74 Å². The summed E-state index contributed by atoms with van der Waals surface area (Å²) < 4.78 is 35.4. The van der Waals surface area contributed by atoms with Crippen LogP contribution in [0.1, 0.15) is 22.8 Å². The zero-order chi connectivity index (χ0) is 22.7. The molecule has 0 aliphatic rings. The average Bonchev–Trinajstić information content (AvgIpc) is 3.21. The van der Waals surface area contributed by atoms with E-state index in [2.05, 4.69) is 15.1 Å². The summed E-state index contributed by atoms with van der Waals surface area (Å²) in [7, 11) is -2.63. The topological polar surface area (TPSA) is 102 Å². The number of ether oxygens (including phenoxy) is 1. The third-order valence-corrected chi connectivity index (χ3v) is 6.41. The van der Waals surface area contributed by atoms with Crippen molar-refractivity contribution >= 4 is 32.7 Å². The van der Waals surface area contributed by atoms with Gasteiger partial charge >= 0.3 is 0 Å². The summed E-state index contributed by atoms with van der Waals surface area (Å²) in [6.07, 6.45) is 2.34. The summed E-state index contributed by atoms with van der Waals surface area (Å²) in [5.74, 6) is -0.355. The van der Waals surface area contributed by atoms with E-state index in [9.17, 15) is 13.2 Å². The molecule has 1 amide bonds. The van der Waals surface area contributed by atoms with Crippen LogP contribution >= 0.6 is 0 Å². The third-order valence-electron chi connectivity index (χ3n) is 5.01. The van der Waals surface area contributed by atoms with Gasteiger partial charge in [0.15, 0.2) is 0 Å². The van der Waals surface area contributed by atoms with Crippen LogP contribution in [-0.2, 0) is 16.4 Å². The molecule has 0 atom stereocenters. The summed E-state index contributed by atoms with van der Waals surface area (Å²) in [5, 5.41) is 0. The van der Waals surface area contributed by atoms with Gasteiger partial charge in [0.2, 0.25) is 0 Å². The van der Waals surface area contributed by atoms with Gasteiger partial charge in [0.25, 0.3) is 15.9 Å². The van der Waals surface area contributed by atoms with E-state index in [1.807, 2.05) is 43.3 Å². The van der Waals surface area contributed by atoms with Crippen molar-refractivity contribution < 1.29 is 17.9 Å². The number of fused-ring (bicyclic) bond motifs is 1. The highest BCUT2D eigenvalue weighted by Gasteiger charge is 2.22. The summed E-state index contributed by atoms with van der Waals surface area (Å²) in [6.45, 7) is 2.02. The molecule has 0 unspecified atom stereocenters. The summed E-state index contributed by atoms with van der Waals surface area (Å²) >= 11 is 0. The molecule has 1 heterocycles. The van der Waals surface area contributed by atoms with E-state index in [-0.39, 0.29) is 16.2 Å². The predicted octanol–water partition coefficient (Wildman–Crippen LogP) is 3.79. The number of anilines is 1. The molecule has 0 aliphatic carbocycles. The van der Waals surface area contributed by atoms with E-state index >= 15 is 0 Å². The van der Waals surface area contributed by atoms with Gasteiger partial charge < -0.3 is 4.74 Å². The number of imidazole rings is 1. The van der Waals surface area contributed by atoms with Crippen molar-refractivity contribution in [3.8, 4) is 5.75 Å². The maximum Gasteiger partial charge on any atom is 0.270 e. The van der Waals surface area contributed by atoms with Crippen LogP contribution in [0.25, 0.3) is 11.0 Å². The molecule has 8 nitrogen and oxygen atoms in total. The van der Waals surface area contributed by atoms with Crippen LogP contribution in [0.5, 0.6) is 5.75 Å². The van der Waals surface area contributed by atoms with E-state index in [0.29, 0.717) is 5.69 Å². The smallest absolute Gasteiger partial charge is 0.270 e. The number of carbonyl (C=O) groups is 1. The highest BCUT2D eigenvalue weighted by Crippen LogP contribution is 2.27. The Morgan fingerprint density at radius 1 is 1.06 bits per heavy atom. The molecule has 2 N–H and O–H groups in total. The monoisotopic (exact) mass is 450 g/mol. The molecule has 4 aromatic rings. The number of nitrogens with zero attached hydrogens (tertiary/aromatic N) is 2. The first-order valence-electron chi connectivity index (χ1n) is 9.94. The Balaban J connectivity index is 1.63. The molecule has 0 radical (unpaired) electrons. The Morgan fingerprint density at radius 2 is 1.81 bits per heavy atom. The number of carbonyl (C=O) groups excluding carboxylic acids is 1. The van der Waals surface area contributed by atoms with Gasteiger partial charge in [-0.1, -0.05) is 31.2 Å². The first kappa shape index (κ1) is 21.4. The van der Waals surface area contributed by atoms with Crippen molar-refractivity contribution in [1.82, 2.24) is 9.66 Å². The number of para-hydroxylation sites is 2. The Labute approximate surface area is 185 Å².